The quantitative estimate of drug-likeness (QED) is 0.526. The number of nitrogens with one attached hydrogen (secondary N) is 1. The van der Waals surface area contributed by atoms with Gasteiger partial charge < -0.3 is 0 Å². The number of rotatable bonds is 5. The number of hydrogen-bond donors (Lipinski definition) is 1. The summed E-state index contributed by atoms with van der Waals surface area (Å²) >= 11 is 0. The second kappa shape index (κ2) is 6.66. The molecule has 3 heteroatoms. The molecule has 0 rings (SSSR count). The smallest absolute Gasteiger partial charge is 0.270 e. The molecule has 0 unspecified atom stereocenters. The number of carbonyl (C=O) groups is 1. The van der Waals surface area contributed by atoms with E-state index in [1.807, 2.05) is 13.8 Å². The van der Waals surface area contributed by atoms with Crippen molar-refractivity contribution in [2.45, 2.75) is 40.0 Å². The number of carbonyl (C=O) groups excluding carboxylic acids is 1. The number of amides is 1. The summed E-state index contributed by atoms with van der Waals surface area (Å²) in [7, 11) is 1.44. The predicted octanol–water partition coefficient (Wildman–Crippen LogP) is 2.19. The van der Waals surface area contributed by atoms with E-state index in [1.54, 1.807) is 0 Å². The minimum absolute atomic E-state index is 0.142. The number of unbranched alkanes of at least 4 members (excludes halogenated alkanes) is 1. The molecule has 0 saturated heterocycles. The van der Waals surface area contributed by atoms with E-state index in [0.29, 0.717) is 0 Å². The number of hydrogen-bond acceptors (Lipinski definition) is 2. The normalized spacial score (nSPS) is 12.3. The average molecular weight is 185 g/mol. The van der Waals surface area contributed by atoms with Crippen molar-refractivity contribution < 1.29 is 9.63 Å². The zero-order valence-corrected chi connectivity index (χ0v) is 8.94. The molecule has 0 aliphatic carbocycles. The van der Waals surface area contributed by atoms with Gasteiger partial charge in [0.05, 0.1) is 7.11 Å². The average Bonchev–Trinajstić information content (AvgIpc) is 2.13. The van der Waals surface area contributed by atoms with Gasteiger partial charge in [-0.15, -0.1) is 0 Å². The standard InChI is InChI=1S/C10H19NO2/c1-5-6-7-8(2)9(3)10(12)11-13-4/h5-7H2,1-4H3,(H,11,12). The van der Waals surface area contributed by atoms with Gasteiger partial charge in [0.15, 0.2) is 0 Å². The number of hydroxylamine groups is 1. The molecule has 0 aromatic heterocycles. The van der Waals surface area contributed by atoms with Gasteiger partial charge in [-0.1, -0.05) is 18.9 Å². The first kappa shape index (κ1) is 12.2. The third-order valence-corrected chi connectivity index (χ3v) is 2.08. The van der Waals surface area contributed by atoms with E-state index in [2.05, 4.69) is 17.2 Å². The SMILES string of the molecule is CCCCC(C)=C(C)C(=O)NOC. The monoisotopic (exact) mass is 185 g/mol. The first-order valence-electron chi connectivity index (χ1n) is 4.63. The number of allylic oxidation sites excluding steroid dienone is 1. The van der Waals surface area contributed by atoms with Gasteiger partial charge in [-0.2, -0.15) is 0 Å². The van der Waals surface area contributed by atoms with Crippen LogP contribution in [0.2, 0.25) is 0 Å². The van der Waals surface area contributed by atoms with Crippen molar-refractivity contribution in [3.8, 4) is 0 Å². The van der Waals surface area contributed by atoms with E-state index in [-0.39, 0.29) is 5.91 Å². The van der Waals surface area contributed by atoms with Crippen molar-refractivity contribution in [1.29, 1.82) is 0 Å². The van der Waals surface area contributed by atoms with Crippen molar-refractivity contribution in [1.82, 2.24) is 5.48 Å². The molecule has 0 aliphatic heterocycles. The molecule has 13 heavy (non-hydrogen) atoms. The van der Waals surface area contributed by atoms with Crippen LogP contribution >= 0.6 is 0 Å². The third kappa shape index (κ3) is 4.68. The van der Waals surface area contributed by atoms with Gasteiger partial charge in [0.2, 0.25) is 0 Å². The summed E-state index contributed by atoms with van der Waals surface area (Å²) in [5.74, 6) is -0.142. The van der Waals surface area contributed by atoms with Crippen LogP contribution in [0.5, 0.6) is 0 Å². The Morgan fingerprint density at radius 2 is 2.00 bits per heavy atom. The molecule has 1 amide bonds. The molecule has 1 N–H and O–H groups in total. The third-order valence-electron chi connectivity index (χ3n) is 2.08. The molecule has 3 nitrogen and oxygen atoms in total. The van der Waals surface area contributed by atoms with Crippen LogP contribution < -0.4 is 5.48 Å². The van der Waals surface area contributed by atoms with Crippen LogP contribution in [-0.4, -0.2) is 13.0 Å². The highest BCUT2D eigenvalue weighted by molar-refractivity contribution is 5.92. The second-order valence-corrected chi connectivity index (χ2v) is 3.14. The predicted molar refractivity (Wildman–Crippen MR) is 53.1 cm³/mol. The lowest BCUT2D eigenvalue weighted by molar-refractivity contribution is -0.127. The molecule has 0 radical (unpaired) electrons. The van der Waals surface area contributed by atoms with Crippen LogP contribution in [0.4, 0.5) is 0 Å². The van der Waals surface area contributed by atoms with Crippen molar-refractivity contribution in [2.75, 3.05) is 7.11 Å². The van der Waals surface area contributed by atoms with Crippen LogP contribution in [-0.2, 0) is 9.63 Å². The Morgan fingerprint density at radius 3 is 2.46 bits per heavy atom. The van der Waals surface area contributed by atoms with Crippen LogP contribution in [0.15, 0.2) is 11.1 Å². The fourth-order valence-corrected chi connectivity index (χ4v) is 0.992. The molecule has 0 saturated carbocycles. The maximum Gasteiger partial charge on any atom is 0.270 e. The summed E-state index contributed by atoms with van der Waals surface area (Å²) in [4.78, 5) is 15.8. The molecule has 0 aliphatic rings. The highest BCUT2D eigenvalue weighted by Gasteiger charge is 2.06. The van der Waals surface area contributed by atoms with E-state index < -0.39 is 0 Å². The van der Waals surface area contributed by atoms with Crippen molar-refractivity contribution >= 4 is 5.91 Å². The van der Waals surface area contributed by atoms with Gasteiger partial charge in [-0.25, -0.2) is 5.48 Å². The summed E-state index contributed by atoms with van der Waals surface area (Å²) in [6, 6.07) is 0. The second-order valence-electron chi connectivity index (χ2n) is 3.14. The fraction of sp³-hybridized carbons (Fsp3) is 0.700. The minimum Gasteiger partial charge on any atom is -0.277 e. The molecule has 0 fully saturated rings. The molecule has 0 bridgehead atoms. The molecule has 0 aromatic rings. The largest absolute Gasteiger partial charge is 0.277 e. The Balaban J connectivity index is 4.15. The fourth-order valence-electron chi connectivity index (χ4n) is 0.992. The summed E-state index contributed by atoms with van der Waals surface area (Å²) in [5, 5.41) is 0. The highest BCUT2D eigenvalue weighted by atomic mass is 16.6. The molecule has 0 aromatic carbocycles. The summed E-state index contributed by atoms with van der Waals surface area (Å²) in [6.45, 7) is 5.94. The zero-order chi connectivity index (χ0) is 10.3. The van der Waals surface area contributed by atoms with Gasteiger partial charge in [-0.05, 0) is 26.7 Å². The van der Waals surface area contributed by atoms with Crippen LogP contribution in [0.1, 0.15) is 40.0 Å². The van der Waals surface area contributed by atoms with Gasteiger partial charge in [0.25, 0.3) is 5.91 Å². The molecule has 0 heterocycles. The lowest BCUT2D eigenvalue weighted by atomic mass is 10.1. The molecule has 0 atom stereocenters. The van der Waals surface area contributed by atoms with Gasteiger partial charge in [0.1, 0.15) is 0 Å². The first-order valence-corrected chi connectivity index (χ1v) is 4.63. The van der Waals surface area contributed by atoms with E-state index in [1.165, 1.54) is 7.11 Å². The van der Waals surface area contributed by atoms with Crippen LogP contribution in [0.3, 0.4) is 0 Å². The summed E-state index contributed by atoms with van der Waals surface area (Å²) in [5.41, 5.74) is 4.20. The van der Waals surface area contributed by atoms with Gasteiger partial charge in [0, 0.05) is 5.57 Å². The van der Waals surface area contributed by atoms with Crippen molar-refractivity contribution in [2.24, 2.45) is 0 Å². The van der Waals surface area contributed by atoms with Crippen LogP contribution in [0, 0.1) is 0 Å². The van der Waals surface area contributed by atoms with Crippen LogP contribution in [0.25, 0.3) is 0 Å². The van der Waals surface area contributed by atoms with Gasteiger partial charge in [-0.3, -0.25) is 9.63 Å². The van der Waals surface area contributed by atoms with Crippen molar-refractivity contribution in [3.05, 3.63) is 11.1 Å². The molecule has 0 spiro atoms. The summed E-state index contributed by atoms with van der Waals surface area (Å²) < 4.78 is 0. The Hall–Kier alpha value is -0.830. The molecular weight excluding hydrogens is 166 g/mol. The zero-order valence-electron chi connectivity index (χ0n) is 8.94. The van der Waals surface area contributed by atoms with E-state index in [4.69, 9.17) is 0 Å². The van der Waals surface area contributed by atoms with Gasteiger partial charge >= 0.3 is 0 Å². The van der Waals surface area contributed by atoms with E-state index >= 15 is 0 Å². The Labute approximate surface area is 80.1 Å². The molecule has 76 valence electrons. The first-order chi connectivity index (χ1) is 6.13. The Bertz CT molecular complexity index is 197. The van der Waals surface area contributed by atoms with E-state index in [9.17, 15) is 4.79 Å². The minimum atomic E-state index is -0.142. The summed E-state index contributed by atoms with van der Waals surface area (Å²) in [6.07, 6.45) is 3.26. The lowest BCUT2D eigenvalue weighted by Gasteiger charge is -2.06. The highest BCUT2D eigenvalue weighted by Crippen LogP contribution is 2.11. The topological polar surface area (TPSA) is 38.3 Å². The molecular formula is C10H19NO2. The Morgan fingerprint density at radius 1 is 1.38 bits per heavy atom. The van der Waals surface area contributed by atoms with E-state index in [0.717, 1.165) is 30.4 Å². The maximum atomic E-state index is 11.3. The maximum absolute atomic E-state index is 11.3. The Kier molecular flexibility index (Phi) is 6.24. The van der Waals surface area contributed by atoms with Crippen molar-refractivity contribution in [3.63, 3.8) is 0 Å². The lowest BCUT2D eigenvalue weighted by Crippen LogP contribution is -2.23.